The summed E-state index contributed by atoms with van der Waals surface area (Å²) >= 11 is 0. The van der Waals surface area contributed by atoms with Crippen LogP contribution in [0.5, 0.6) is 0 Å². The predicted molar refractivity (Wildman–Crippen MR) is 50.0 cm³/mol. The SMILES string of the molecule is CCNC(=O)NC(C)(CC)CN. The van der Waals surface area contributed by atoms with Gasteiger partial charge in [-0.1, -0.05) is 6.92 Å². The second-order valence-corrected chi connectivity index (χ2v) is 3.10. The number of carbonyl (C=O) groups is 1. The molecular formula is C8H19N3O. The molecule has 0 rings (SSSR count). The number of rotatable bonds is 4. The van der Waals surface area contributed by atoms with Crippen molar-refractivity contribution >= 4 is 6.03 Å². The molecule has 0 aliphatic heterocycles. The third-order valence-corrected chi connectivity index (χ3v) is 1.98. The number of amides is 2. The van der Waals surface area contributed by atoms with E-state index in [1.54, 1.807) is 0 Å². The van der Waals surface area contributed by atoms with Crippen LogP contribution in [0.15, 0.2) is 0 Å². The zero-order chi connectivity index (χ0) is 9.61. The van der Waals surface area contributed by atoms with Gasteiger partial charge in [0.2, 0.25) is 0 Å². The fourth-order valence-corrected chi connectivity index (χ4v) is 0.763. The Morgan fingerprint density at radius 1 is 1.50 bits per heavy atom. The molecule has 0 heterocycles. The van der Waals surface area contributed by atoms with Crippen molar-refractivity contribution in [2.24, 2.45) is 5.73 Å². The van der Waals surface area contributed by atoms with Crippen LogP contribution in [0.25, 0.3) is 0 Å². The molecule has 0 aliphatic carbocycles. The van der Waals surface area contributed by atoms with E-state index in [2.05, 4.69) is 10.6 Å². The number of hydrogen-bond donors (Lipinski definition) is 3. The zero-order valence-electron chi connectivity index (χ0n) is 8.11. The van der Waals surface area contributed by atoms with E-state index in [1.165, 1.54) is 0 Å². The van der Waals surface area contributed by atoms with E-state index in [9.17, 15) is 4.79 Å². The molecule has 4 heteroatoms. The molecule has 12 heavy (non-hydrogen) atoms. The topological polar surface area (TPSA) is 67.2 Å². The molecule has 2 amide bonds. The lowest BCUT2D eigenvalue weighted by atomic mass is 10.00. The standard InChI is InChI=1S/C8H19N3O/c1-4-8(3,6-9)11-7(12)10-5-2/h4-6,9H2,1-3H3,(H2,10,11,12). The first kappa shape index (κ1) is 11.2. The maximum atomic E-state index is 11.1. The normalized spacial score (nSPS) is 15.0. The van der Waals surface area contributed by atoms with Crippen molar-refractivity contribution in [3.63, 3.8) is 0 Å². The number of nitrogens with two attached hydrogens (primary N) is 1. The van der Waals surface area contributed by atoms with Crippen molar-refractivity contribution in [1.82, 2.24) is 10.6 Å². The Labute approximate surface area is 73.9 Å². The van der Waals surface area contributed by atoms with Gasteiger partial charge in [0.15, 0.2) is 0 Å². The summed E-state index contributed by atoms with van der Waals surface area (Å²) < 4.78 is 0. The van der Waals surface area contributed by atoms with Gasteiger partial charge in [0.25, 0.3) is 0 Å². The van der Waals surface area contributed by atoms with Crippen LogP contribution in [-0.2, 0) is 0 Å². The molecule has 0 saturated carbocycles. The summed E-state index contributed by atoms with van der Waals surface area (Å²) in [6.45, 7) is 6.91. The first-order valence-corrected chi connectivity index (χ1v) is 4.34. The van der Waals surface area contributed by atoms with Gasteiger partial charge >= 0.3 is 6.03 Å². The monoisotopic (exact) mass is 173 g/mol. The molecule has 0 fully saturated rings. The minimum atomic E-state index is -0.279. The van der Waals surface area contributed by atoms with Crippen molar-refractivity contribution in [2.45, 2.75) is 32.7 Å². The minimum absolute atomic E-state index is 0.146. The highest BCUT2D eigenvalue weighted by molar-refractivity contribution is 5.74. The number of carbonyl (C=O) groups excluding carboxylic acids is 1. The maximum Gasteiger partial charge on any atom is 0.315 e. The molecule has 0 spiro atoms. The summed E-state index contributed by atoms with van der Waals surface area (Å²) in [5.41, 5.74) is 5.24. The van der Waals surface area contributed by atoms with Gasteiger partial charge in [-0.3, -0.25) is 0 Å². The van der Waals surface area contributed by atoms with Crippen LogP contribution in [0.3, 0.4) is 0 Å². The van der Waals surface area contributed by atoms with Crippen molar-refractivity contribution in [1.29, 1.82) is 0 Å². The molecule has 0 radical (unpaired) electrons. The van der Waals surface area contributed by atoms with Gasteiger partial charge in [-0.25, -0.2) is 4.79 Å². The molecule has 1 unspecified atom stereocenters. The minimum Gasteiger partial charge on any atom is -0.338 e. The summed E-state index contributed by atoms with van der Waals surface area (Å²) in [5, 5.41) is 5.48. The van der Waals surface area contributed by atoms with E-state index in [4.69, 9.17) is 5.73 Å². The summed E-state index contributed by atoms with van der Waals surface area (Å²) in [6, 6.07) is -0.146. The van der Waals surface area contributed by atoms with Crippen LogP contribution in [0.4, 0.5) is 4.79 Å². The van der Waals surface area contributed by atoms with Crippen LogP contribution >= 0.6 is 0 Å². The number of urea groups is 1. The first-order valence-electron chi connectivity index (χ1n) is 4.34. The lowest BCUT2D eigenvalue weighted by molar-refractivity contribution is 0.227. The average molecular weight is 173 g/mol. The smallest absolute Gasteiger partial charge is 0.315 e. The maximum absolute atomic E-state index is 11.1. The molecule has 0 saturated heterocycles. The second-order valence-electron chi connectivity index (χ2n) is 3.10. The van der Waals surface area contributed by atoms with E-state index in [-0.39, 0.29) is 11.6 Å². The van der Waals surface area contributed by atoms with Gasteiger partial charge in [0.05, 0.1) is 5.54 Å². The van der Waals surface area contributed by atoms with Gasteiger partial charge in [-0.05, 0) is 20.3 Å². The first-order chi connectivity index (χ1) is 5.58. The van der Waals surface area contributed by atoms with Crippen LogP contribution in [-0.4, -0.2) is 24.7 Å². The summed E-state index contributed by atoms with van der Waals surface area (Å²) in [7, 11) is 0. The van der Waals surface area contributed by atoms with Gasteiger partial charge in [0, 0.05) is 13.1 Å². The third-order valence-electron chi connectivity index (χ3n) is 1.98. The van der Waals surface area contributed by atoms with E-state index in [0.717, 1.165) is 6.42 Å². The lowest BCUT2D eigenvalue weighted by Gasteiger charge is -2.27. The van der Waals surface area contributed by atoms with Gasteiger partial charge in [0.1, 0.15) is 0 Å². The Morgan fingerprint density at radius 2 is 2.08 bits per heavy atom. The van der Waals surface area contributed by atoms with Gasteiger partial charge in [-0.15, -0.1) is 0 Å². The molecule has 0 aliphatic rings. The molecule has 0 aromatic rings. The fourth-order valence-electron chi connectivity index (χ4n) is 0.763. The highest BCUT2D eigenvalue weighted by atomic mass is 16.2. The lowest BCUT2D eigenvalue weighted by Crippen LogP contribution is -2.54. The molecule has 0 bridgehead atoms. The molecule has 0 aromatic heterocycles. The Hall–Kier alpha value is -0.770. The van der Waals surface area contributed by atoms with Crippen LogP contribution in [0.2, 0.25) is 0 Å². The van der Waals surface area contributed by atoms with Crippen molar-refractivity contribution in [3.8, 4) is 0 Å². The molecule has 72 valence electrons. The molecule has 1 atom stereocenters. The summed E-state index contributed by atoms with van der Waals surface area (Å²) in [5.74, 6) is 0. The molecule has 4 N–H and O–H groups in total. The Morgan fingerprint density at radius 3 is 2.42 bits per heavy atom. The second kappa shape index (κ2) is 4.98. The number of hydrogen-bond acceptors (Lipinski definition) is 2. The van der Waals surface area contributed by atoms with E-state index in [1.807, 2.05) is 20.8 Å². The quantitative estimate of drug-likeness (QED) is 0.577. The van der Waals surface area contributed by atoms with Crippen molar-refractivity contribution < 1.29 is 4.79 Å². The molecular weight excluding hydrogens is 154 g/mol. The fraction of sp³-hybridized carbons (Fsp3) is 0.875. The highest BCUT2D eigenvalue weighted by Gasteiger charge is 2.21. The third kappa shape index (κ3) is 3.57. The number of nitrogens with one attached hydrogen (secondary N) is 2. The zero-order valence-corrected chi connectivity index (χ0v) is 8.11. The summed E-state index contributed by atoms with van der Waals surface area (Å²) in [6.07, 6.45) is 0.834. The van der Waals surface area contributed by atoms with Crippen molar-refractivity contribution in [3.05, 3.63) is 0 Å². The Kier molecular flexibility index (Phi) is 4.66. The highest BCUT2D eigenvalue weighted by Crippen LogP contribution is 2.05. The average Bonchev–Trinajstić information content (AvgIpc) is 2.05. The van der Waals surface area contributed by atoms with E-state index in [0.29, 0.717) is 13.1 Å². The van der Waals surface area contributed by atoms with Crippen molar-refractivity contribution in [2.75, 3.05) is 13.1 Å². The largest absolute Gasteiger partial charge is 0.338 e. The van der Waals surface area contributed by atoms with E-state index >= 15 is 0 Å². The predicted octanol–water partition coefficient (Wildman–Crippen LogP) is 0.433. The summed E-state index contributed by atoms with van der Waals surface area (Å²) in [4.78, 5) is 11.1. The van der Waals surface area contributed by atoms with Crippen LogP contribution < -0.4 is 16.4 Å². The van der Waals surface area contributed by atoms with E-state index < -0.39 is 0 Å². The molecule has 4 nitrogen and oxygen atoms in total. The van der Waals surface area contributed by atoms with Gasteiger partial charge < -0.3 is 16.4 Å². The molecule has 0 aromatic carbocycles. The Balaban J connectivity index is 3.93. The van der Waals surface area contributed by atoms with Gasteiger partial charge in [-0.2, -0.15) is 0 Å². The van der Waals surface area contributed by atoms with Crippen LogP contribution in [0, 0.1) is 0 Å². The van der Waals surface area contributed by atoms with Crippen LogP contribution in [0.1, 0.15) is 27.2 Å². The Bertz CT molecular complexity index is 143.